The number of nitrogens with zero attached hydrogens (tertiary/aromatic N) is 2. The highest BCUT2D eigenvalue weighted by Gasteiger charge is 2.23. The minimum atomic E-state index is 0.0645. The molecule has 4 rings (SSSR count). The fourth-order valence-corrected chi connectivity index (χ4v) is 4.86. The second kappa shape index (κ2) is 6.44. The number of aryl methyl sites for hydroxylation is 1. The zero-order chi connectivity index (χ0) is 16.5. The molecule has 3 nitrogen and oxygen atoms in total. The smallest absolute Gasteiger partial charge is 0.262 e. The van der Waals surface area contributed by atoms with Crippen molar-refractivity contribution in [2.45, 2.75) is 43.1 Å². The molecule has 1 aliphatic carbocycles. The Hall–Kier alpha value is -2.07. The van der Waals surface area contributed by atoms with Gasteiger partial charge < -0.3 is 0 Å². The van der Waals surface area contributed by atoms with Crippen LogP contribution in [0, 0.1) is 0 Å². The van der Waals surface area contributed by atoms with E-state index in [0.717, 1.165) is 23.5 Å². The second-order valence-electron chi connectivity index (χ2n) is 6.16. The molecule has 0 bridgehead atoms. The fourth-order valence-electron chi connectivity index (χ4n) is 3.48. The quantitative estimate of drug-likeness (QED) is 0.656. The number of benzene rings is 2. The molecule has 24 heavy (non-hydrogen) atoms. The van der Waals surface area contributed by atoms with Gasteiger partial charge in [0.25, 0.3) is 5.56 Å². The summed E-state index contributed by atoms with van der Waals surface area (Å²) in [6, 6.07) is 16.3. The summed E-state index contributed by atoms with van der Waals surface area (Å²) >= 11 is 1.74. The van der Waals surface area contributed by atoms with Crippen LogP contribution >= 0.6 is 11.8 Å². The van der Waals surface area contributed by atoms with Gasteiger partial charge in [0.05, 0.1) is 10.9 Å². The Morgan fingerprint density at radius 3 is 2.83 bits per heavy atom. The van der Waals surface area contributed by atoms with E-state index >= 15 is 0 Å². The third-order valence-electron chi connectivity index (χ3n) is 4.70. The number of fused-ring (bicyclic) bond motifs is 2. The largest absolute Gasteiger partial charge is 0.287 e. The Labute approximate surface area is 145 Å². The van der Waals surface area contributed by atoms with Crippen LogP contribution in [0.3, 0.4) is 0 Å². The highest BCUT2D eigenvalue weighted by molar-refractivity contribution is 7.99. The van der Waals surface area contributed by atoms with Crippen molar-refractivity contribution in [2.24, 2.45) is 0 Å². The summed E-state index contributed by atoms with van der Waals surface area (Å²) in [7, 11) is 0. The summed E-state index contributed by atoms with van der Waals surface area (Å²) in [4.78, 5) is 17.6. The molecule has 2 aromatic carbocycles. The lowest BCUT2D eigenvalue weighted by molar-refractivity contribution is 0.624. The highest BCUT2D eigenvalue weighted by Crippen LogP contribution is 2.42. The van der Waals surface area contributed by atoms with E-state index in [4.69, 9.17) is 4.98 Å². The van der Waals surface area contributed by atoms with Gasteiger partial charge in [-0.1, -0.05) is 48.2 Å². The van der Waals surface area contributed by atoms with Gasteiger partial charge in [-0.25, -0.2) is 4.98 Å². The zero-order valence-corrected chi connectivity index (χ0v) is 14.6. The molecular formula is C20H20N2OS. The normalized spacial score (nSPS) is 17.0. The Bertz CT molecular complexity index is 948. The molecule has 1 aliphatic rings. The molecule has 4 heteroatoms. The van der Waals surface area contributed by atoms with E-state index in [9.17, 15) is 4.79 Å². The van der Waals surface area contributed by atoms with E-state index in [1.807, 2.05) is 35.8 Å². The first-order chi connectivity index (χ1) is 11.8. The van der Waals surface area contributed by atoms with Crippen LogP contribution in [0.5, 0.6) is 0 Å². The maximum Gasteiger partial charge on any atom is 0.262 e. The van der Waals surface area contributed by atoms with Gasteiger partial charge in [-0.3, -0.25) is 9.36 Å². The van der Waals surface area contributed by atoms with Crippen LogP contribution in [0.4, 0.5) is 0 Å². The van der Waals surface area contributed by atoms with Crippen LogP contribution in [-0.4, -0.2) is 9.55 Å². The number of hydrogen-bond acceptors (Lipinski definition) is 3. The second-order valence-corrected chi connectivity index (χ2v) is 7.33. The van der Waals surface area contributed by atoms with Crippen molar-refractivity contribution < 1.29 is 0 Å². The first-order valence-electron chi connectivity index (χ1n) is 8.52. The Kier molecular flexibility index (Phi) is 4.15. The summed E-state index contributed by atoms with van der Waals surface area (Å²) in [5, 5.41) is 1.91. The standard InChI is InChI=1S/C20H20N2OS/c1-2-22-19(23)16-11-5-6-12-17(16)21-20(22)24-18-13-7-9-14-8-3-4-10-15(14)18/h3-6,8,10-12,18H,2,7,9,13H2,1H3. The van der Waals surface area contributed by atoms with Crippen LogP contribution in [-0.2, 0) is 13.0 Å². The molecule has 0 radical (unpaired) electrons. The van der Waals surface area contributed by atoms with Gasteiger partial charge in [0.15, 0.2) is 5.16 Å². The molecule has 3 aromatic rings. The molecule has 0 fully saturated rings. The maximum atomic E-state index is 12.8. The van der Waals surface area contributed by atoms with Gasteiger partial charge in [0, 0.05) is 11.8 Å². The summed E-state index contributed by atoms with van der Waals surface area (Å²) in [6.45, 7) is 2.66. The summed E-state index contributed by atoms with van der Waals surface area (Å²) < 4.78 is 1.81. The zero-order valence-electron chi connectivity index (χ0n) is 13.7. The molecule has 1 unspecified atom stereocenters. The van der Waals surface area contributed by atoms with E-state index in [1.165, 1.54) is 17.5 Å². The lowest BCUT2D eigenvalue weighted by Gasteiger charge is -2.25. The first kappa shape index (κ1) is 15.5. The summed E-state index contributed by atoms with van der Waals surface area (Å²) in [6.07, 6.45) is 3.48. The van der Waals surface area contributed by atoms with Crippen molar-refractivity contribution in [1.82, 2.24) is 9.55 Å². The van der Waals surface area contributed by atoms with Crippen molar-refractivity contribution in [1.29, 1.82) is 0 Å². The van der Waals surface area contributed by atoms with Crippen molar-refractivity contribution in [3.8, 4) is 0 Å². The third-order valence-corrected chi connectivity index (χ3v) is 6.00. The molecule has 0 N–H and O–H groups in total. The SMILES string of the molecule is CCn1c(SC2CCCc3ccccc32)nc2ccccc2c1=O. The van der Waals surface area contributed by atoms with Gasteiger partial charge in [0.1, 0.15) is 0 Å². The van der Waals surface area contributed by atoms with E-state index in [1.54, 1.807) is 11.8 Å². The Morgan fingerprint density at radius 1 is 1.17 bits per heavy atom. The van der Waals surface area contributed by atoms with E-state index < -0.39 is 0 Å². The average molecular weight is 336 g/mol. The molecule has 0 spiro atoms. The number of para-hydroxylation sites is 1. The molecule has 0 aliphatic heterocycles. The van der Waals surface area contributed by atoms with Crippen LogP contribution < -0.4 is 5.56 Å². The van der Waals surface area contributed by atoms with E-state index in [0.29, 0.717) is 17.2 Å². The number of aromatic nitrogens is 2. The molecule has 1 heterocycles. The molecule has 0 saturated carbocycles. The van der Waals surface area contributed by atoms with Crippen molar-refractivity contribution in [2.75, 3.05) is 0 Å². The fraction of sp³-hybridized carbons (Fsp3) is 0.300. The molecule has 122 valence electrons. The number of thioether (sulfide) groups is 1. The Morgan fingerprint density at radius 2 is 1.96 bits per heavy atom. The number of hydrogen-bond donors (Lipinski definition) is 0. The lowest BCUT2D eigenvalue weighted by Crippen LogP contribution is -2.23. The van der Waals surface area contributed by atoms with E-state index in [-0.39, 0.29) is 5.56 Å². The van der Waals surface area contributed by atoms with Gasteiger partial charge in [-0.05, 0) is 49.4 Å². The first-order valence-corrected chi connectivity index (χ1v) is 9.40. The van der Waals surface area contributed by atoms with Crippen LogP contribution in [0.15, 0.2) is 58.5 Å². The molecule has 0 saturated heterocycles. The van der Waals surface area contributed by atoms with Crippen molar-refractivity contribution >= 4 is 22.7 Å². The van der Waals surface area contributed by atoms with Crippen molar-refractivity contribution in [3.05, 3.63) is 70.0 Å². The summed E-state index contributed by atoms with van der Waals surface area (Å²) in [5.41, 5.74) is 3.69. The molecule has 0 amide bonds. The van der Waals surface area contributed by atoms with Gasteiger partial charge >= 0.3 is 0 Å². The topological polar surface area (TPSA) is 34.9 Å². The summed E-state index contributed by atoms with van der Waals surface area (Å²) in [5.74, 6) is 0. The van der Waals surface area contributed by atoms with E-state index in [2.05, 4.69) is 24.3 Å². The van der Waals surface area contributed by atoms with Gasteiger partial charge in [-0.2, -0.15) is 0 Å². The lowest BCUT2D eigenvalue weighted by atomic mass is 9.91. The van der Waals surface area contributed by atoms with Gasteiger partial charge in [0.2, 0.25) is 0 Å². The molecule has 1 atom stereocenters. The monoisotopic (exact) mass is 336 g/mol. The van der Waals surface area contributed by atoms with Crippen LogP contribution in [0.1, 0.15) is 36.1 Å². The minimum Gasteiger partial charge on any atom is -0.287 e. The predicted octanol–water partition coefficient (Wildman–Crippen LogP) is 4.59. The van der Waals surface area contributed by atoms with Crippen LogP contribution in [0.25, 0.3) is 10.9 Å². The minimum absolute atomic E-state index is 0.0645. The van der Waals surface area contributed by atoms with Gasteiger partial charge in [-0.15, -0.1) is 0 Å². The number of rotatable bonds is 3. The van der Waals surface area contributed by atoms with Crippen molar-refractivity contribution in [3.63, 3.8) is 0 Å². The highest BCUT2D eigenvalue weighted by atomic mass is 32.2. The Balaban J connectivity index is 1.79. The third kappa shape index (κ3) is 2.65. The molecular weight excluding hydrogens is 316 g/mol. The predicted molar refractivity (Wildman–Crippen MR) is 99.7 cm³/mol. The average Bonchev–Trinajstić information content (AvgIpc) is 2.62. The maximum absolute atomic E-state index is 12.8. The molecule has 1 aromatic heterocycles. The van der Waals surface area contributed by atoms with Crippen LogP contribution in [0.2, 0.25) is 0 Å².